The molecule has 0 spiro atoms. The van der Waals surface area contributed by atoms with E-state index in [1.807, 2.05) is 38.4 Å². The van der Waals surface area contributed by atoms with Crippen LogP contribution in [0.15, 0.2) is 24.3 Å². The highest BCUT2D eigenvalue weighted by Crippen LogP contribution is 2.22. The molecule has 0 heterocycles. The zero-order valence-corrected chi connectivity index (χ0v) is 15.0. The van der Waals surface area contributed by atoms with Crippen LogP contribution >= 0.6 is 12.2 Å². The Labute approximate surface area is 139 Å². The second-order valence-electron chi connectivity index (χ2n) is 6.69. The maximum atomic E-state index is 12.1. The zero-order valence-electron chi connectivity index (χ0n) is 14.2. The van der Waals surface area contributed by atoms with Crippen molar-refractivity contribution in [1.29, 1.82) is 0 Å². The Hall–Kier alpha value is -1.46. The van der Waals surface area contributed by atoms with E-state index >= 15 is 0 Å². The number of carbonyl (C=O) groups is 1. The molecule has 4 nitrogen and oxygen atoms in total. The van der Waals surface area contributed by atoms with Gasteiger partial charge in [-0.15, -0.1) is 0 Å². The number of nitrogens with zero attached hydrogens (tertiary/aromatic N) is 1. The van der Waals surface area contributed by atoms with E-state index in [4.69, 9.17) is 12.2 Å². The van der Waals surface area contributed by atoms with Crippen molar-refractivity contribution in [2.24, 2.45) is 0 Å². The summed E-state index contributed by atoms with van der Waals surface area (Å²) < 4.78 is 0. The predicted octanol–water partition coefficient (Wildman–Crippen LogP) is 2.54. The quantitative estimate of drug-likeness (QED) is 0.646. The SMILES string of the molecule is CN(C)CCCNC(=S)NC(=O)c1ccc(C(C)(C)C)cc1. The van der Waals surface area contributed by atoms with Gasteiger partial charge in [0, 0.05) is 12.1 Å². The molecule has 0 aliphatic rings. The van der Waals surface area contributed by atoms with E-state index in [0.717, 1.165) is 19.5 Å². The molecule has 1 rings (SSSR count). The van der Waals surface area contributed by atoms with Crippen molar-refractivity contribution in [2.45, 2.75) is 32.6 Å². The lowest BCUT2D eigenvalue weighted by atomic mass is 9.87. The molecule has 0 aliphatic heterocycles. The van der Waals surface area contributed by atoms with Gasteiger partial charge in [0.15, 0.2) is 5.11 Å². The number of hydrogen-bond acceptors (Lipinski definition) is 3. The summed E-state index contributed by atoms with van der Waals surface area (Å²) >= 11 is 5.14. The number of thiocarbonyl (C=S) groups is 1. The topological polar surface area (TPSA) is 44.4 Å². The van der Waals surface area contributed by atoms with Gasteiger partial charge >= 0.3 is 0 Å². The van der Waals surface area contributed by atoms with Crippen LogP contribution in [0, 0.1) is 0 Å². The third-order valence-corrected chi connectivity index (χ3v) is 3.55. The Balaban J connectivity index is 2.46. The van der Waals surface area contributed by atoms with E-state index in [1.165, 1.54) is 5.56 Å². The minimum Gasteiger partial charge on any atom is -0.362 e. The van der Waals surface area contributed by atoms with Crippen molar-refractivity contribution in [3.05, 3.63) is 35.4 Å². The van der Waals surface area contributed by atoms with Gasteiger partial charge in [0.2, 0.25) is 0 Å². The molecule has 0 radical (unpaired) electrons. The number of amides is 1. The summed E-state index contributed by atoms with van der Waals surface area (Å²) in [5.41, 5.74) is 1.90. The highest BCUT2D eigenvalue weighted by atomic mass is 32.1. The Morgan fingerprint density at radius 3 is 2.27 bits per heavy atom. The van der Waals surface area contributed by atoms with Crippen molar-refractivity contribution in [3.63, 3.8) is 0 Å². The van der Waals surface area contributed by atoms with Crippen LogP contribution < -0.4 is 10.6 Å². The van der Waals surface area contributed by atoms with Gasteiger partial charge < -0.3 is 10.2 Å². The van der Waals surface area contributed by atoms with E-state index in [0.29, 0.717) is 10.7 Å². The Bertz CT molecular complexity index is 504. The van der Waals surface area contributed by atoms with Gasteiger partial charge in [-0.2, -0.15) is 0 Å². The van der Waals surface area contributed by atoms with Crippen LogP contribution in [0.5, 0.6) is 0 Å². The van der Waals surface area contributed by atoms with Gasteiger partial charge in [-0.25, -0.2) is 0 Å². The predicted molar refractivity (Wildman–Crippen MR) is 96.4 cm³/mol. The van der Waals surface area contributed by atoms with Crippen LogP contribution in [0.2, 0.25) is 0 Å². The summed E-state index contributed by atoms with van der Waals surface area (Å²) in [7, 11) is 4.06. The van der Waals surface area contributed by atoms with Crippen molar-refractivity contribution < 1.29 is 4.79 Å². The first-order chi connectivity index (χ1) is 10.2. The lowest BCUT2D eigenvalue weighted by Crippen LogP contribution is -2.40. The molecule has 122 valence electrons. The summed E-state index contributed by atoms with van der Waals surface area (Å²) in [4.78, 5) is 14.2. The number of rotatable bonds is 5. The van der Waals surface area contributed by atoms with E-state index in [1.54, 1.807) is 0 Å². The first-order valence-corrected chi connectivity index (χ1v) is 7.95. The summed E-state index contributed by atoms with van der Waals surface area (Å²) in [5.74, 6) is -0.175. The third-order valence-electron chi connectivity index (χ3n) is 3.31. The Morgan fingerprint density at radius 2 is 1.77 bits per heavy atom. The molecule has 5 heteroatoms. The second-order valence-corrected chi connectivity index (χ2v) is 7.10. The van der Waals surface area contributed by atoms with Gasteiger partial charge in [0.25, 0.3) is 5.91 Å². The average Bonchev–Trinajstić information content (AvgIpc) is 2.42. The summed E-state index contributed by atoms with van der Waals surface area (Å²) in [6.45, 7) is 8.18. The first-order valence-electron chi connectivity index (χ1n) is 7.54. The van der Waals surface area contributed by atoms with Gasteiger partial charge in [-0.3, -0.25) is 10.1 Å². The van der Waals surface area contributed by atoms with Crippen LogP contribution in [-0.2, 0) is 5.41 Å². The first kappa shape index (κ1) is 18.6. The lowest BCUT2D eigenvalue weighted by Gasteiger charge is -2.19. The Kier molecular flexibility index (Phi) is 6.97. The van der Waals surface area contributed by atoms with E-state index in [2.05, 4.69) is 36.3 Å². The standard InChI is InChI=1S/C17H27N3OS/c1-17(2,3)14-9-7-13(8-10-14)15(21)19-16(22)18-11-6-12-20(4)5/h7-10H,6,11-12H2,1-5H3,(H2,18,19,21,22). The monoisotopic (exact) mass is 321 g/mol. The molecule has 0 bridgehead atoms. The summed E-state index contributed by atoms with van der Waals surface area (Å²) in [6.07, 6.45) is 0.975. The fourth-order valence-electron chi connectivity index (χ4n) is 1.94. The minimum absolute atomic E-state index is 0.0816. The van der Waals surface area contributed by atoms with Gasteiger partial charge in [-0.1, -0.05) is 32.9 Å². The maximum absolute atomic E-state index is 12.1. The van der Waals surface area contributed by atoms with Crippen LogP contribution in [0.4, 0.5) is 0 Å². The van der Waals surface area contributed by atoms with Crippen molar-refractivity contribution in [2.75, 3.05) is 27.2 Å². The summed E-state index contributed by atoms with van der Waals surface area (Å²) in [6, 6.07) is 7.65. The molecule has 0 aromatic heterocycles. The zero-order chi connectivity index (χ0) is 16.8. The number of carbonyl (C=O) groups excluding carboxylic acids is 1. The molecule has 2 N–H and O–H groups in total. The third kappa shape index (κ3) is 6.54. The fraction of sp³-hybridized carbons (Fsp3) is 0.529. The lowest BCUT2D eigenvalue weighted by molar-refractivity contribution is 0.0976. The largest absolute Gasteiger partial charge is 0.362 e. The van der Waals surface area contributed by atoms with Crippen LogP contribution in [-0.4, -0.2) is 43.1 Å². The van der Waals surface area contributed by atoms with E-state index in [-0.39, 0.29) is 11.3 Å². The van der Waals surface area contributed by atoms with Gasteiger partial charge in [-0.05, 0) is 62.4 Å². The highest BCUT2D eigenvalue weighted by Gasteiger charge is 2.14. The number of hydrogen-bond donors (Lipinski definition) is 2. The van der Waals surface area contributed by atoms with Crippen LogP contribution in [0.25, 0.3) is 0 Å². The molecular weight excluding hydrogens is 294 g/mol. The Morgan fingerprint density at radius 1 is 1.18 bits per heavy atom. The number of benzene rings is 1. The smallest absolute Gasteiger partial charge is 0.257 e. The highest BCUT2D eigenvalue weighted by molar-refractivity contribution is 7.80. The molecule has 0 fully saturated rings. The number of nitrogens with one attached hydrogen (secondary N) is 2. The molecular formula is C17H27N3OS. The molecule has 1 aromatic rings. The average molecular weight is 321 g/mol. The van der Waals surface area contributed by atoms with E-state index in [9.17, 15) is 4.79 Å². The molecule has 22 heavy (non-hydrogen) atoms. The van der Waals surface area contributed by atoms with E-state index < -0.39 is 0 Å². The minimum atomic E-state index is -0.175. The van der Waals surface area contributed by atoms with Crippen molar-refractivity contribution >= 4 is 23.2 Å². The maximum Gasteiger partial charge on any atom is 0.257 e. The molecule has 1 aromatic carbocycles. The van der Waals surface area contributed by atoms with Crippen molar-refractivity contribution in [3.8, 4) is 0 Å². The van der Waals surface area contributed by atoms with Crippen LogP contribution in [0.3, 0.4) is 0 Å². The molecule has 1 amide bonds. The molecule has 0 saturated carbocycles. The molecule has 0 atom stereocenters. The van der Waals surface area contributed by atoms with Gasteiger partial charge in [0.05, 0.1) is 0 Å². The van der Waals surface area contributed by atoms with Gasteiger partial charge in [0.1, 0.15) is 0 Å². The van der Waals surface area contributed by atoms with Crippen LogP contribution in [0.1, 0.15) is 43.1 Å². The molecule has 0 aliphatic carbocycles. The normalized spacial score (nSPS) is 11.4. The van der Waals surface area contributed by atoms with Crippen molar-refractivity contribution in [1.82, 2.24) is 15.5 Å². The fourth-order valence-corrected chi connectivity index (χ4v) is 2.13. The molecule has 0 saturated heterocycles. The summed E-state index contributed by atoms with van der Waals surface area (Å²) in [5, 5.41) is 6.14. The second kappa shape index (κ2) is 8.25. The molecule has 0 unspecified atom stereocenters.